The summed E-state index contributed by atoms with van der Waals surface area (Å²) in [6.07, 6.45) is 4.58. The zero-order valence-corrected chi connectivity index (χ0v) is 21.4. The molecule has 0 atom stereocenters. The van der Waals surface area contributed by atoms with E-state index in [9.17, 15) is 0 Å². The van der Waals surface area contributed by atoms with Crippen LogP contribution in [-0.2, 0) is 6.54 Å². The number of methoxy groups -OCH3 is 3. The standard InChI is InChI=1S/C27H37N5O3.CH4/c1-32(2)26-21-8-6-7-9-22(21)30-27(31-26)29-20-12-10-18(11-13-20)16-28-17-19-14-23(33-3)25(35-5)24(15-19)34-4;/h6-9,14-15,18,20,28H,10-13,16-17H2,1-5H3,(H,29,30,31);1H4. The minimum absolute atomic E-state index is 0. The number of hydrogen-bond acceptors (Lipinski definition) is 8. The van der Waals surface area contributed by atoms with Crippen molar-refractivity contribution in [3.05, 3.63) is 42.0 Å². The van der Waals surface area contributed by atoms with E-state index in [4.69, 9.17) is 24.2 Å². The molecule has 0 saturated heterocycles. The van der Waals surface area contributed by atoms with Crippen molar-refractivity contribution in [2.75, 3.05) is 52.2 Å². The van der Waals surface area contributed by atoms with E-state index in [0.29, 0.717) is 29.2 Å². The van der Waals surface area contributed by atoms with Crippen LogP contribution in [0.3, 0.4) is 0 Å². The molecule has 8 nitrogen and oxygen atoms in total. The summed E-state index contributed by atoms with van der Waals surface area (Å²) in [6, 6.07) is 12.6. The number of para-hydroxylation sites is 1. The molecule has 0 spiro atoms. The van der Waals surface area contributed by atoms with Crippen LogP contribution in [0.4, 0.5) is 11.8 Å². The van der Waals surface area contributed by atoms with Crippen LogP contribution in [0.1, 0.15) is 38.7 Å². The number of rotatable bonds is 10. The Balaban J connectivity index is 0.00000361. The van der Waals surface area contributed by atoms with Gasteiger partial charge in [0.05, 0.1) is 26.8 Å². The minimum atomic E-state index is 0. The number of nitrogens with zero attached hydrogens (tertiary/aromatic N) is 3. The summed E-state index contributed by atoms with van der Waals surface area (Å²) in [5.41, 5.74) is 2.08. The highest BCUT2D eigenvalue weighted by Crippen LogP contribution is 2.38. The molecule has 0 bridgehead atoms. The number of aromatic nitrogens is 2. The quantitative estimate of drug-likeness (QED) is 0.401. The number of nitrogens with one attached hydrogen (secondary N) is 2. The van der Waals surface area contributed by atoms with Crippen LogP contribution in [0.15, 0.2) is 36.4 Å². The molecular weight excluding hydrogens is 454 g/mol. The molecule has 0 unspecified atom stereocenters. The molecule has 2 N–H and O–H groups in total. The van der Waals surface area contributed by atoms with Crippen LogP contribution in [0, 0.1) is 5.92 Å². The molecule has 3 aromatic rings. The van der Waals surface area contributed by atoms with E-state index in [1.54, 1.807) is 21.3 Å². The first-order valence-electron chi connectivity index (χ1n) is 12.2. The molecule has 36 heavy (non-hydrogen) atoms. The third-order valence-electron chi connectivity index (χ3n) is 6.67. The number of ether oxygens (including phenoxy) is 3. The van der Waals surface area contributed by atoms with Crippen molar-refractivity contribution in [3.8, 4) is 17.2 Å². The molecule has 8 heteroatoms. The van der Waals surface area contributed by atoms with Gasteiger partial charge in [-0.25, -0.2) is 4.98 Å². The van der Waals surface area contributed by atoms with Gasteiger partial charge in [0.25, 0.3) is 0 Å². The van der Waals surface area contributed by atoms with E-state index in [1.165, 1.54) is 12.8 Å². The summed E-state index contributed by atoms with van der Waals surface area (Å²) in [5, 5.41) is 8.29. The van der Waals surface area contributed by atoms with Crippen LogP contribution >= 0.6 is 0 Å². The van der Waals surface area contributed by atoms with Gasteiger partial charge in [0.15, 0.2) is 11.5 Å². The molecule has 1 saturated carbocycles. The molecule has 4 rings (SSSR count). The van der Waals surface area contributed by atoms with Crippen molar-refractivity contribution in [1.82, 2.24) is 15.3 Å². The van der Waals surface area contributed by atoms with Gasteiger partial charge < -0.3 is 29.7 Å². The van der Waals surface area contributed by atoms with Gasteiger partial charge in [-0.3, -0.25) is 0 Å². The molecule has 1 aliphatic carbocycles. The Morgan fingerprint density at radius 3 is 2.19 bits per heavy atom. The predicted molar refractivity (Wildman–Crippen MR) is 148 cm³/mol. The lowest BCUT2D eigenvalue weighted by atomic mass is 9.86. The maximum absolute atomic E-state index is 5.47. The van der Waals surface area contributed by atoms with E-state index in [0.717, 1.165) is 54.2 Å². The van der Waals surface area contributed by atoms with Crippen LogP contribution < -0.4 is 29.7 Å². The van der Waals surface area contributed by atoms with Crippen LogP contribution in [-0.4, -0.2) is 58.0 Å². The van der Waals surface area contributed by atoms with Crippen molar-refractivity contribution >= 4 is 22.7 Å². The molecule has 1 heterocycles. The first-order chi connectivity index (χ1) is 17.0. The monoisotopic (exact) mass is 495 g/mol. The van der Waals surface area contributed by atoms with Crippen LogP contribution in [0.2, 0.25) is 0 Å². The van der Waals surface area contributed by atoms with Gasteiger partial charge in [-0.15, -0.1) is 0 Å². The first-order valence-corrected chi connectivity index (χ1v) is 12.2. The molecule has 0 radical (unpaired) electrons. The Morgan fingerprint density at radius 1 is 0.917 bits per heavy atom. The van der Waals surface area contributed by atoms with Gasteiger partial charge >= 0.3 is 0 Å². The highest BCUT2D eigenvalue weighted by atomic mass is 16.5. The van der Waals surface area contributed by atoms with E-state index in [-0.39, 0.29) is 7.43 Å². The van der Waals surface area contributed by atoms with E-state index >= 15 is 0 Å². The van der Waals surface area contributed by atoms with E-state index < -0.39 is 0 Å². The summed E-state index contributed by atoms with van der Waals surface area (Å²) in [5.74, 6) is 4.31. The largest absolute Gasteiger partial charge is 0.493 e. The fourth-order valence-electron chi connectivity index (χ4n) is 4.82. The van der Waals surface area contributed by atoms with E-state index in [1.807, 2.05) is 49.3 Å². The Morgan fingerprint density at radius 2 is 1.58 bits per heavy atom. The van der Waals surface area contributed by atoms with Gasteiger partial charge in [-0.05, 0) is 68.0 Å². The summed E-state index contributed by atoms with van der Waals surface area (Å²) >= 11 is 0. The molecule has 0 amide bonds. The molecule has 0 aliphatic heterocycles. The Labute approximate surface area is 215 Å². The number of hydrogen-bond donors (Lipinski definition) is 2. The van der Waals surface area contributed by atoms with E-state index in [2.05, 4.69) is 16.7 Å². The molecular formula is C28H41N5O3. The third-order valence-corrected chi connectivity index (χ3v) is 6.67. The maximum atomic E-state index is 5.47. The number of fused-ring (bicyclic) bond motifs is 1. The number of benzene rings is 2. The van der Waals surface area contributed by atoms with Crippen molar-refractivity contribution < 1.29 is 14.2 Å². The third kappa shape index (κ3) is 6.29. The maximum Gasteiger partial charge on any atom is 0.225 e. The topological polar surface area (TPSA) is 80.8 Å². The number of anilines is 2. The van der Waals surface area contributed by atoms with Gasteiger partial charge in [0.2, 0.25) is 11.7 Å². The van der Waals surface area contributed by atoms with Crippen molar-refractivity contribution in [1.29, 1.82) is 0 Å². The lowest BCUT2D eigenvalue weighted by Gasteiger charge is -2.29. The highest BCUT2D eigenvalue weighted by molar-refractivity contribution is 5.90. The van der Waals surface area contributed by atoms with Gasteiger partial charge in [0, 0.05) is 32.1 Å². The van der Waals surface area contributed by atoms with Crippen molar-refractivity contribution in [2.45, 2.75) is 45.7 Å². The first kappa shape index (κ1) is 27.3. The van der Waals surface area contributed by atoms with Crippen LogP contribution in [0.5, 0.6) is 17.2 Å². The van der Waals surface area contributed by atoms with Crippen LogP contribution in [0.25, 0.3) is 10.9 Å². The SMILES string of the molecule is C.COc1cc(CNCC2CCC(Nc3nc(N(C)C)c4ccccc4n3)CC2)cc(OC)c1OC. The summed E-state index contributed by atoms with van der Waals surface area (Å²) < 4.78 is 16.4. The normalized spacial score (nSPS) is 17.2. The summed E-state index contributed by atoms with van der Waals surface area (Å²) in [7, 11) is 8.96. The zero-order valence-electron chi connectivity index (χ0n) is 21.4. The fourth-order valence-corrected chi connectivity index (χ4v) is 4.82. The Kier molecular flexibility index (Phi) is 9.58. The molecule has 196 valence electrons. The van der Waals surface area contributed by atoms with Gasteiger partial charge in [0.1, 0.15) is 5.82 Å². The molecule has 2 aromatic carbocycles. The minimum Gasteiger partial charge on any atom is -0.493 e. The zero-order chi connectivity index (χ0) is 24.8. The molecule has 1 fully saturated rings. The average molecular weight is 496 g/mol. The summed E-state index contributed by atoms with van der Waals surface area (Å²) in [6.45, 7) is 1.74. The summed E-state index contributed by atoms with van der Waals surface area (Å²) in [4.78, 5) is 11.6. The smallest absolute Gasteiger partial charge is 0.225 e. The lowest BCUT2D eigenvalue weighted by molar-refractivity contribution is 0.319. The Bertz CT molecular complexity index is 1100. The van der Waals surface area contributed by atoms with Crippen molar-refractivity contribution in [3.63, 3.8) is 0 Å². The second kappa shape index (κ2) is 12.6. The van der Waals surface area contributed by atoms with Gasteiger partial charge in [-0.2, -0.15) is 4.98 Å². The fraction of sp³-hybridized carbons (Fsp3) is 0.500. The van der Waals surface area contributed by atoms with Gasteiger partial charge in [-0.1, -0.05) is 19.6 Å². The lowest BCUT2D eigenvalue weighted by Crippen LogP contribution is -2.31. The predicted octanol–water partition coefficient (Wildman–Crippen LogP) is 5.12. The highest BCUT2D eigenvalue weighted by Gasteiger charge is 2.22. The molecule has 1 aromatic heterocycles. The second-order valence-corrected chi connectivity index (χ2v) is 9.31. The average Bonchev–Trinajstić information content (AvgIpc) is 2.88. The Hall–Kier alpha value is -3.26. The second-order valence-electron chi connectivity index (χ2n) is 9.31. The molecule has 1 aliphatic rings. The van der Waals surface area contributed by atoms with Crippen molar-refractivity contribution in [2.24, 2.45) is 5.92 Å².